The number of hydrogen-bond acceptors (Lipinski definition) is 4. The standard InChI is InChI=1S/C22H20FN3O2S/c1-14-20(12-24-21(27)15(2)28-18-6-4-3-5-7-18)29-22-25-19(13-26(14)22)16-8-10-17(23)11-9-16/h3-11,13,15H,12H2,1-2H3,(H,24,27). The SMILES string of the molecule is Cc1c(CNC(=O)C(C)Oc2ccccc2)sc2nc(-c3ccc(F)cc3)cn12. The molecule has 0 spiro atoms. The fourth-order valence-corrected chi connectivity index (χ4v) is 4.03. The van der Waals surface area contributed by atoms with Gasteiger partial charge in [-0.2, -0.15) is 0 Å². The van der Waals surface area contributed by atoms with Crippen LogP contribution in [0.15, 0.2) is 60.8 Å². The van der Waals surface area contributed by atoms with Gasteiger partial charge in [0, 0.05) is 22.3 Å². The summed E-state index contributed by atoms with van der Waals surface area (Å²) in [5, 5.41) is 2.93. The van der Waals surface area contributed by atoms with Gasteiger partial charge >= 0.3 is 0 Å². The molecule has 0 radical (unpaired) electrons. The average molecular weight is 409 g/mol. The molecule has 1 amide bonds. The van der Waals surface area contributed by atoms with Crippen molar-refractivity contribution >= 4 is 22.2 Å². The van der Waals surface area contributed by atoms with Crippen LogP contribution in [0.2, 0.25) is 0 Å². The molecular formula is C22H20FN3O2S. The molecule has 1 unspecified atom stereocenters. The van der Waals surface area contributed by atoms with Gasteiger partial charge in [-0.25, -0.2) is 9.37 Å². The molecule has 0 fully saturated rings. The summed E-state index contributed by atoms with van der Waals surface area (Å²) in [6.07, 6.45) is 1.34. The highest BCUT2D eigenvalue weighted by Crippen LogP contribution is 2.27. The highest BCUT2D eigenvalue weighted by molar-refractivity contribution is 7.17. The smallest absolute Gasteiger partial charge is 0.261 e. The maximum Gasteiger partial charge on any atom is 0.261 e. The van der Waals surface area contributed by atoms with E-state index in [0.717, 1.165) is 26.8 Å². The van der Waals surface area contributed by atoms with Crippen molar-refractivity contribution in [2.24, 2.45) is 0 Å². The number of imidazole rings is 1. The van der Waals surface area contributed by atoms with Gasteiger partial charge in [0.25, 0.3) is 5.91 Å². The van der Waals surface area contributed by atoms with Crippen LogP contribution < -0.4 is 10.1 Å². The number of nitrogens with one attached hydrogen (secondary N) is 1. The minimum atomic E-state index is -0.591. The van der Waals surface area contributed by atoms with Crippen molar-refractivity contribution in [3.05, 3.63) is 77.2 Å². The van der Waals surface area contributed by atoms with E-state index < -0.39 is 6.10 Å². The van der Waals surface area contributed by atoms with Gasteiger partial charge in [0.1, 0.15) is 11.6 Å². The number of fused-ring (bicyclic) bond motifs is 1. The molecule has 0 saturated heterocycles. The predicted molar refractivity (Wildman–Crippen MR) is 112 cm³/mol. The largest absolute Gasteiger partial charge is 0.481 e. The lowest BCUT2D eigenvalue weighted by molar-refractivity contribution is -0.127. The van der Waals surface area contributed by atoms with Crippen LogP contribution in [0.3, 0.4) is 0 Å². The third kappa shape index (κ3) is 4.14. The van der Waals surface area contributed by atoms with Gasteiger partial charge in [-0.3, -0.25) is 9.20 Å². The Bertz CT molecular complexity index is 1140. The first-order valence-corrected chi connectivity index (χ1v) is 10.1. The molecule has 0 aliphatic rings. The van der Waals surface area contributed by atoms with Gasteiger partial charge in [0.05, 0.1) is 12.2 Å². The summed E-state index contributed by atoms with van der Waals surface area (Å²) in [6.45, 7) is 4.13. The number of carbonyl (C=O) groups excluding carboxylic acids is 1. The Labute approximate surface area is 171 Å². The number of aryl methyl sites for hydroxylation is 1. The van der Waals surface area contributed by atoms with E-state index in [4.69, 9.17) is 4.74 Å². The van der Waals surface area contributed by atoms with Crippen molar-refractivity contribution in [3.8, 4) is 17.0 Å². The van der Waals surface area contributed by atoms with E-state index in [2.05, 4.69) is 10.3 Å². The quantitative estimate of drug-likeness (QED) is 0.507. The Balaban J connectivity index is 1.43. The molecule has 148 valence electrons. The molecule has 29 heavy (non-hydrogen) atoms. The first-order valence-electron chi connectivity index (χ1n) is 9.24. The van der Waals surface area contributed by atoms with Crippen LogP contribution >= 0.6 is 11.3 Å². The van der Waals surface area contributed by atoms with Crippen molar-refractivity contribution in [3.63, 3.8) is 0 Å². The normalized spacial score (nSPS) is 12.1. The second-order valence-corrected chi connectivity index (χ2v) is 7.75. The van der Waals surface area contributed by atoms with Gasteiger partial charge in [0.2, 0.25) is 0 Å². The number of rotatable bonds is 6. The van der Waals surface area contributed by atoms with Crippen LogP contribution in [-0.4, -0.2) is 21.4 Å². The lowest BCUT2D eigenvalue weighted by Crippen LogP contribution is -2.35. The van der Waals surface area contributed by atoms with Crippen LogP contribution in [0.1, 0.15) is 17.5 Å². The first-order chi connectivity index (χ1) is 14.0. The van der Waals surface area contributed by atoms with Crippen LogP contribution in [-0.2, 0) is 11.3 Å². The van der Waals surface area contributed by atoms with Crippen molar-refractivity contribution in [2.45, 2.75) is 26.5 Å². The zero-order valence-electron chi connectivity index (χ0n) is 16.1. The average Bonchev–Trinajstić information content (AvgIpc) is 3.27. The molecule has 1 N–H and O–H groups in total. The summed E-state index contributed by atoms with van der Waals surface area (Å²) in [5.41, 5.74) is 2.67. The molecule has 2 aromatic heterocycles. The maximum absolute atomic E-state index is 13.1. The van der Waals surface area contributed by atoms with E-state index in [-0.39, 0.29) is 11.7 Å². The monoisotopic (exact) mass is 409 g/mol. The molecule has 5 nitrogen and oxygen atoms in total. The molecule has 0 aliphatic carbocycles. The number of aromatic nitrogens is 2. The number of nitrogens with zero attached hydrogens (tertiary/aromatic N) is 2. The number of para-hydroxylation sites is 1. The topological polar surface area (TPSA) is 55.6 Å². The van der Waals surface area contributed by atoms with Crippen molar-refractivity contribution in [1.29, 1.82) is 0 Å². The zero-order chi connectivity index (χ0) is 20.4. The molecular weight excluding hydrogens is 389 g/mol. The Hall–Kier alpha value is -3.19. The molecule has 0 bridgehead atoms. The van der Waals surface area contributed by atoms with E-state index in [1.807, 2.05) is 47.9 Å². The van der Waals surface area contributed by atoms with Gasteiger partial charge in [-0.05, 0) is 50.2 Å². The van der Waals surface area contributed by atoms with Crippen LogP contribution in [0, 0.1) is 12.7 Å². The fourth-order valence-electron chi connectivity index (χ4n) is 2.99. The van der Waals surface area contributed by atoms with Crippen LogP contribution in [0.5, 0.6) is 5.75 Å². The molecule has 7 heteroatoms. The van der Waals surface area contributed by atoms with E-state index in [1.165, 1.54) is 23.5 Å². The number of halogens is 1. The number of benzene rings is 2. The summed E-state index contributed by atoms with van der Waals surface area (Å²) in [4.78, 5) is 18.9. The second kappa shape index (κ2) is 8.05. The fraction of sp³-hybridized carbons (Fsp3) is 0.182. The summed E-state index contributed by atoms with van der Waals surface area (Å²) in [6, 6.07) is 15.6. The highest BCUT2D eigenvalue weighted by atomic mass is 32.1. The Morgan fingerprint density at radius 2 is 1.93 bits per heavy atom. The number of hydrogen-bond donors (Lipinski definition) is 1. The second-order valence-electron chi connectivity index (χ2n) is 6.69. The number of thiazole rings is 1. The summed E-state index contributed by atoms with van der Waals surface area (Å²) in [5.74, 6) is 0.218. The minimum absolute atomic E-state index is 0.175. The number of ether oxygens (including phenoxy) is 1. The highest BCUT2D eigenvalue weighted by Gasteiger charge is 2.17. The van der Waals surface area contributed by atoms with E-state index in [0.29, 0.717) is 12.3 Å². The molecule has 1 atom stereocenters. The number of amides is 1. The molecule has 0 aliphatic heterocycles. The third-order valence-corrected chi connectivity index (χ3v) is 5.80. The lowest BCUT2D eigenvalue weighted by atomic mass is 10.2. The van der Waals surface area contributed by atoms with Gasteiger partial charge < -0.3 is 10.1 Å². The van der Waals surface area contributed by atoms with E-state index in [1.54, 1.807) is 19.1 Å². The lowest BCUT2D eigenvalue weighted by Gasteiger charge is -2.14. The maximum atomic E-state index is 13.1. The minimum Gasteiger partial charge on any atom is -0.481 e. The molecule has 2 heterocycles. The van der Waals surface area contributed by atoms with Gasteiger partial charge in [-0.1, -0.05) is 29.5 Å². The first kappa shape index (κ1) is 19.1. The predicted octanol–water partition coefficient (Wildman–Crippen LogP) is 4.59. The Morgan fingerprint density at radius 3 is 2.62 bits per heavy atom. The third-order valence-electron chi connectivity index (χ3n) is 4.64. The Morgan fingerprint density at radius 1 is 1.21 bits per heavy atom. The number of carbonyl (C=O) groups is 1. The Kier molecular flexibility index (Phi) is 5.31. The van der Waals surface area contributed by atoms with Crippen molar-refractivity contribution in [1.82, 2.24) is 14.7 Å². The molecule has 2 aromatic carbocycles. The van der Waals surface area contributed by atoms with E-state index >= 15 is 0 Å². The van der Waals surface area contributed by atoms with Gasteiger partial charge in [-0.15, -0.1) is 0 Å². The van der Waals surface area contributed by atoms with E-state index in [9.17, 15) is 9.18 Å². The zero-order valence-corrected chi connectivity index (χ0v) is 16.9. The summed E-state index contributed by atoms with van der Waals surface area (Å²) in [7, 11) is 0. The van der Waals surface area contributed by atoms with Crippen LogP contribution in [0.4, 0.5) is 4.39 Å². The van der Waals surface area contributed by atoms with Crippen LogP contribution in [0.25, 0.3) is 16.2 Å². The molecule has 4 rings (SSSR count). The van der Waals surface area contributed by atoms with Gasteiger partial charge in [0.15, 0.2) is 11.1 Å². The van der Waals surface area contributed by atoms with Crippen molar-refractivity contribution < 1.29 is 13.9 Å². The summed E-state index contributed by atoms with van der Waals surface area (Å²) < 4.78 is 20.8. The van der Waals surface area contributed by atoms with Crippen molar-refractivity contribution in [2.75, 3.05) is 0 Å². The summed E-state index contributed by atoms with van der Waals surface area (Å²) >= 11 is 1.52. The molecule has 4 aromatic rings. The molecule has 0 saturated carbocycles.